The first kappa shape index (κ1) is 16.0. The highest BCUT2D eigenvalue weighted by molar-refractivity contribution is 5.81. The maximum Gasteiger partial charge on any atom is 0.225 e. The molecule has 3 atom stereocenters. The van der Waals surface area contributed by atoms with Crippen molar-refractivity contribution in [2.45, 2.75) is 45.2 Å². The molecule has 1 aliphatic carbocycles. The number of nitrogens with one attached hydrogen (secondary N) is 1. The van der Waals surface area contributed by atoms with Gasteiger partial charge < -0.3 is 10.2 Å². The van der Waals surface area contributed by atoms with Crippen molar-refractivity contribution in [3.8, 4) is 6.07 Å². The summed E-state index contributed by atoms with van der Waals surface area (Å²) in [6, 6.07) is 10.6. The van der Waals surface area contributed by atoms with E-state index in [0.29, 0.717) is 29.3 Å². The molecular formula is C19H25N3O. The highest BCUT2D eigenvalue weighted by Crippen LogP contribution is 2.32. The van der Waals surface area contributed by atoms with Crippen molar-refractivity contribution in [1.29, 1.82) is 5.26 Å². The van der Waals surface area contributed by atoms with E-state index in [0.717, 1.165) is 32.4 Å². The number of piperidine rings is 1. The molecule has 122 valence electrons. The fourth-order valence-electron chi connectivity index (χ4n) is 3.45. The average Bonchev–Trinajstić information content (AvgIpc) is 3.41. The molecule has 0 bridgehead atoms. The molecule has 1 saturated carbocycles. The molecule has 0 aromatic heterocycles. The Morgan fingerprint density at radius 1 is 1.30 bits per heavy atom. The van der Waals surface area contributed by atoms with E-state index in [1.807, 2.05) is 24.3 Å². The van der Waals surface area contributed by atoms with Crippen LogP contribution in [0.1, 0.15) is 50.3 Å². The van der Waals surface area contributed by atoms with Gasteiger partial charge in [0.1, 0.15) is 0 Å². The predicted molar refractivity (Wildman–Crippen MR) is 89.6 cm³/mol. The fourth-order valence-corrected chi connectivity index (χ4v) is 3.45. The maximum atomic E-state index is 12.2. The van der Waals surface area contributed by atoms with Crippen LogP contribution in [0.15, 0.2) is 24.3 Å². The number of nitriles is 1. The summed E-state index contributed by atoms with van der Waals surface area (Å²) in [5, 5.41) is 12.6. The van der Waals surface area contributed by atoms with E-state index >= 15 is 0 Å². The van der Waals surface area contributed by atoms with Crippen molar-refractivity contribution < 1.29 is 4.79 Å². The summed E-state index contributed by atoms with van der Waals surface area (Å²) in [6.07, 6.45) is 3.18. The average molecular weight is 311 g/mol. The minimum atomic E-state index is 0.251. The molecule has 4 nitrogen and oxygen atoms in total. The molecular weight excluding hydrogens is 286 g/mol. The first-order chi connectivity index (χ1) is 11.1. The molecule has 1 N–H and O–H groups in total. The summed E-state index contributed by atoms with van der Waals surface area (Å²) < 4.78 is 0. The lowest BCUT2D eigenvalue weighted by molar-refractivity contribution is -0.134. The van der Waals surface area contributed by atoms with Gasteiger partial charge in [-0.3, -0.25) is 4.79 Å². The Morgan fingerprint density at radius 2 is 2.00 bits per heavy atom. The number of hydrogen-bond donors (Lipinski definition) is 1. The summed E-state index contributed by atoms with van der Waals surface area (Å²) in [5.41, 5.74) is 1.90. The van der Waals surface area contributed by atoms with Crippen LogP contribution in [0, 0.1) is 23.2 Å². The standard InChI is InChI=1S/C19H25N3O/c1-13-12-22(19(23)17-7-8-17)10-9-18(13)21-14(2)16-5-3-15(11-20)4-6-16/h3-6,13-14,17-18,21H,7-10,12H2,1-2H3/t13-,14-,18-/m0/s1. The summed E-state index contributed by atoms with van der Waals surface area (Å²) in [5.74, 6) is 1.16. The molecule has 1 heterocycles. The molecule has 1 aliphatic heterocycles. The van der Waals surface area contributed by atoms with Crippen molar-refractivity contribution in [3.05, 3.63) is 35.4 Å². The van der Waals surface area contributed by atoms with Gasteiger partial charge in [-0.25, -0.2) is 0 Å². The molecule has 0 unspecified atom stereocenters. The van der Waals surface area contributed by atoms with Crippen LogP contribution in [0.25, 0.3) is 0 Å². The smallest absolute Gasteiger partial charge is 0.225 e. The molecule has 1 saturated heterocycles. The van der Waals surface area contributed by atoms with E-state index in [1.54, 1.807) is 0 Å². The van der Waals surface area contributed by atoms with Crippen LogP contribution in [-0.2, 0) is 4.79 Å². The highest BCUT2D eigenvalue weighted by atomic mass is 16.2. The van der Waals surface area contributed by atoms with E-state index in [2.05, 4.69) is 30.1 Å². The van der Waals surface area contributed by atoms with Crippen LogP contribution in [0.3, 0.4) is 0 Å². The van der Waals surface area contributed by atoms with Crippen LogP contribution in [-0.4, -0.2) is 29.9 Å². The number of hydrogen-bond acceptors (Lipinski definition) is 3. The zero-order valence-corrected chi connectivity index (χ0v) is 14.0. The van der Waals surface area contributed by atoms with Crippen molar-refractivity contribution in [2.75, 3.05) is 13.1 Å². The third kappa shape index (κ3) is 3.73. The van der Waals surface area contributed by atoms with Gasteiger partial charge in [0, 0.05) is 31.1 Å². The van der Waals surface area contributed by atoms with Gasteiger partial charge in [0.2, 0.25) is 5.91 Å². The van der Waals surface area contributed by atoms with Crippen LogP contribution < -0.4 is 5.32 Å². The van der Waals surface area contributed by atoms with E-state index in [1.165, 1.54) is 5.56 Å². The Kier molecular flexibility index (Phi) is 4.68. The lowest BCUT2D eigenvalue weighted by atomic mass is 9.92. The zero-order valence-electron chi connectivity index (χ0n) is 14.0. The monoisotopic (exact) mass is 311 g/mol. The molecule has 1 amide bonds. The number of carbonyl (C=O) groups is 1. The summed E-state index contributed by atoms with van der Waals surface area (Å²) in [6.45, 7) is 6.13. The van der Waals surface area contributed by atoms with Crippen molar-refractivity contribution >= 4 is 5.91 Å². The lowest BCUT2D eigenvalue weighted by Crippen LogP contribution is -2.50. The number of amides is 1. The second-order valence-electron chi connectivity index (χ2n) is 7.05. The summed E-state index contributed by atoms with van der Waals surface area (Å²) >= 11 is 0. The van der Waals surface area contributed by atoms with Gasteiger partial charge in [0.15, 0.2) is 0 Å². The molecule has 23 heavy (non-hydrogen) atoms. The van der Waals surface area contributed by atoms with Crippen LogP contribution in [0.2, 0.25) is 0 Å². The molecule has 1 aromatic carbocycles. The fraction of sp³-hybridized carbons (Fsp3) is 0.579. The van der Waals surface area contributed by atoms with Crippen molar-refractivity contribution in [3.63, 3.8) is 0 Å². The highest BCUT2D eigenvalue weighted by Gasteiger charge is 2.37. The van der Waals surface area contributed by atoms with Crippen molar-refractivity contribution in [2.24, 2.45) is 11.8 Å². The summed E-state index contributed by atoms with van der Waals surface area (Å²) in [4.78, 5) is 14.3. The largest absolute Gasteiger partial charge is 0.342 e. The summed E-state index contributed by atoms with van der Waals surface area (Å²) in [7, 11) is 0. The third-order valence-corrected chi connectivity index (χ3v) is 5.15. The Balaban J connectivity index is 1.55. The van der Waals surface area contributed by atoms with Gasteiger partial charge in [-0.1, -0.05) is 19.1 Å². The molecule has 0 spiro atoms. The van der Waals surface area contributed by atoms with Gasteiger partial charge in [0.05, 0.1) is 11.6 Å². The number of nitrogens with zero attached hydrogens (tertiary/aromatic N) is 2. The predicted octanol–water partition coefficient (Wildman–Crippen LogP) is 2.86. The second-order valence-corrected chi connectivity index (χ2v) is 7.05. The second kappa shape index (κ2) is 6.72. The van der Waals surface area contributed by atoms with Gasteiger partial charge in [-0.2, -0.15) is 5.26 Å². The number of carbonyl (C=O) groups excluding carboxylic acids is 1. The third-order valence-electron chi connectivity index (χ3n) is 5.15. The number of benzene rings is 1. The molecule has 4 heteroatoms. The Bertz CT molecular complexity index is 600. The van der Waals surface area contributed by atoms with Gasteiger partial charge >= 0.3 is 0 Å². The van der Waals surface area contributed by atoms with Crippen LogP contribution in [0.5, 0.6) is 0 Å². The number of likely N-dealkylation sites (tertiary alicyclic amines) is 1. The topological polar surface area (TPSA) is 56.1 Å². The van der Waals surface area contributed by atoms with Crippen molar-refractivity contribution in [1.82, 2.24) is 10.2 Å². The van der Waals surface area contributed by atoms with Crippen LogP contribution in [0.4, 0.5) is 0 Å². The Morgan fingerprint density at radius 3 is 2.57 bits per heavy atom. The molecule has 3 rings (SSSR count). The van der Waals surface area contributed by atoms with E-state index in [-0.39, 0.29) is 6.04 Å². The molecule has 2 aliphatic rings. The van der Waals surface area contributed by atoms with E-state index in [9.17, 15) is 4.79 Å². The quantitative estimate of drug-likeness (QED) is 0.930. The molecule has 0 radical (unpaired) electrons. The normalized spacial score (nSPS) is 25.7. The van der Waals surface area contributed by atoms with E-state index in [4.69, 9.17) is 5.26 Å². The van der Waals surface area contributed by atoms with Crippen LogP contribution >= 0.6 is 0 Å². The van der Waals surface area contributed by atoms with Gasteiger partial charge in [-0.05, 0) is 49.8 Å². The molecule has 1 aromatic rings. The first-order valence-electron chi connectivity index (χ1n) is 8.63. The molecule has 2 fully saturated rings. The SMILES string of the molecule is C[C@H](N[C@H]1CCN(C(=O)C2CC2)C[C@@H]1C)c1ccc(C#N)cc1. The maximum absolute atomic E-state index is 12.2. The first-order valence-corrected chi connectivity index (χ1v) is 8.63. The minimum absolute atomic E-state index is 0.251. The number of rotatable bonds is 4. The Labute approximate surface area is 138 Å². The minimum Gasteiger partial charge on any atom is -0.342 e. The van der Waals surface area contributed by atoms with Gasteiger partial charge in [-0.15, -0.1) is 0 Å². The van der Waals surface area contributed by atoms with E-state index < -0.39 is 0 Å². The van der Waals surface area contributed by atoms with Gasteiger partial charge in [0.25, 0.3) is 0 Å². The lowest BCUT2D eigenvalue weighted by Gasteiger charge is -2.39. The Hall–Kier alpha value is -1.86. The zero-order chi connectivity index (χ0) is 16.4.